The molecule has 1 N–H and O–H groups in total. The summed E-state index contributed by atoms with van der Waals surface area (Å²) in [6.45, 7) is 2.46. The summed E-state index contributed by atoms with van der Waals surface area (Å²) in [4.78, 5) is 25.5. The Kier molecular flexibility index (Phi) is 5.15. The fourth-order valence-electron chi connectivity index (χ4n) is 2.39. The largest absolute Gasteiger partial charge is 0.382 e. The van der Waals surface area contributed by atoms with Gasteiger partial charge in [-0.3, -0.25) is 9.59 Å². The van der Waals surface area contributed by atoms with Crippen LogP contribution in [0.3, 0.4) is 0 Å². The summed E-state index contributed by atoms with van der Waals surface area (Å²) in [6.07, 6.45) is 2.85. The minimum atomic E-state index is -0.250. The third kappa shape index (κ3) is 3.91. The Morgan fingerprint density at radius 2 is 2.05 bits per heavy atom. The van der Waals surface area contributed by atoms with Gasteiger partial charge in [-0.05, 0) is 25.2 Å². The number of piperazine rings is 1. The van der Waals surface area contributed by atoms with Gasteiger partial charge >= 0.3 is 0 Å². The molecule has 0 bridgehead atoms. The molecule has 108 valence electrons. The lowest BCUT2D eigenvalue weighted by molar-refractivity contribution is -0.146. The molecular formula is C13H22N2O4. The van der Waals surface area contributed by atoms with Crippen LogP contribution in [0.5, 0.6) is 0 Å². The summed E-state index contributed by atoms with van der Waals surface area (Å²) in [5.41, 5.74) is 0. The van der Waals surface area contributed by atoms with Crippen LogP contribution >= 0.6 is 0 Å². The highest BCUT2D eigenvalue weighted by Crippen LogP contribution is 2.36. The Hall–Kier alpha value is -1.14. The highest BCUT2D eigenvalue weighted by atomic mass is 16.5. The molecule has 2 fully saturated rings. The number of carbonyl (C=O) groups excluding carboxylic acids is 2. The third-order valence-corrected chi connectivity index (χ3v) is 3.53. The Labute approximate surface area is 113 Å². The van der Waals surface area contributed by atoms with Crippen molar-refractivity contribution in [3.05, 3.63) is 0 Å². The van der Waals surface area contributed by atoms with Crippen molar-refractivity contribution in [2.75, 3.05) is 40.0 Å². The molecule has 1 heterocycles. The number of amides is 2. The van der Waals surface area contributed by atoms with Gasteiger partial charge in [-0.2, -0.15) is 0 Å². The molecule has 0 aromatic rings. The van der Waals surface area contributed by atoms with Crippen LogP contribution < -0.4 is 5.32 Å². The number of hydrogen-bond donors (Lipinski definition) is 1. The average Bonchev–Trinajstić information content (AvgIpc) is 3.22. The van der Waals surface area contributed by atoms with Gasteiger partial charge in [0.05, 0.1) is 19.8 Å². The summed E-state index contributed by atoms with van der Waals surface area (Å²) < 4.78 is 10.3. The summed E-state index contributed by atoms with van der Waals surface area (Å²) in [5, 5.41) is 2.67. The zero-order valence-corrected chi connectivity index (χ0v) is 11.4. The Bertz CT molecular complexity index is 331. The predicted octanol–water partition coefficient (Wildman–Crippen LogP) is -0.223. The summed E-state index contributed by atoms with van der Waals surface area (Å²) in [6, 6.07) is -0.250. The van der Waals surface area contributed by atoms with Crippen molar-refractivity contribution in [2.24, 2.45) is 5.92 Å². The monoisotopic (exact) mass is 270 g/mol. The van der Waals surface area contributed by atoms with Gasteiger partial charge in [0, 0.05) is 20.3 Å². The van der Waals surface area contributed by atoms with Crippen LogP contribution in [0.25, 0.3) is 0 Å². The first-order valence-electron chi connectivity index (χ1n) is 6.88. The van der Waals surface area contributed by atoms with E-state index in [-0.39, 0.29) is 24.4 Å². The number of ether oxygens (including phenoxy) is 2. The van der Waals surface area contributed by atoms with Gasteiger partial charge in [0.15, 0.2) is 0 Å². The molecule has 1 unspecified atom stereocenters. The Balaban J connectivity index is 1.75. The zero-order valence-electron chi connectivity index (χ0n) is 11.4. The smallest absolute Gasteiger partial charge is 0.243 e. The standard InChI is InChI=1S/C13H22N2O4/c1-18-7-8-19-6-2-5-15-11(16)9-14-13(17)12(15)10-3-4-10/h10,12H,2-9H2,1H3,(H,14,17). The molecular weight excluding hydrogens is 248 g/mol. The number of carbonyl (C=O) groups is 2. The molecule has 1 saturated heterocycles. The van der Waals surface area contributed by atoms with Crippen molar-refractivity contribution in [1.82, 2.24) is 10.2 Å². The molecule has 0 spiro atoms. The quantitative estimate of drug-likeness (QED) is 0.619. The Morgan fingerprint density at radius 3 is 2.74 bits per heavy atom. The van der Waals surface area contributed by atoms with Crippen molar-refractivity contribution in [2.45, 2.75) is 25.3 Å². The molecule has 2 amide bonds. The maximum atomic E-state index is 11.9. The van der Waals surface area contributed by atoms with Crippen molar-refractivity contribution < 1.29 is 19.1 Å². The van der Waals surface area contributed by atoms with Crippen molar-refractivity contribution in [3.8, 4) is 0 Å². The summed E-state index contributed by atoms with van der Waals surface area (Å²) >= 11 is 0. The maximum absolute atomic E-state index is 11.9. The van der Waals surface area contributed by atoms with E-state index in [9.17, 15) is 9.59 Å². The second kappa shape index (κ2) is 6.86. The highest BCUT2D eigenvalue weighted by molar-refractivity contribution is 5.95. The third-order valence-electron chi connectivity index (χ3n) is 3.53. The van der Waals surface area contributed by atoms with E-state index in [2.05, 4.69) is 5.32 Å². The second-order valence-electron chi connectivity index (χ2n) is 5.05. The first-order valence-corrected chi connectivity index (χ1v) is 6.88. The van der Waals surface area contributed by atoms with Crippen LogP contribution in [0.4, 0.5) is 0 Å². The number of rotatable bonds is 8. The van der Waals surface area contributed by atoms with Gasteiger partial charge in [0.25, 0.3) is 0 Å². The molecule has 1 saturated carbocycles. The fraction of sp³-hybridized carbons (Fsp3) is 0.846. The minimum Gasteiger partial charge on any atom is -0.382 e. The van der Waals surface area contributed by atoms with Crippen LogP contribution in [0.1, 0.15) is 19.3 Å². The molecule has 1 aliphatic carbocycles. The summed E-state index contributed by atoms with van der Waals surface area (Å²) in [5.74, 6) is 0.384. The molecule has 1 aliphatic heterocycles. The number of hydrogen-bond acceptors (Lipinski definition) is 4. The van der Waals surface area contributed by atoms with Gasteiger partial charge < -0.3 is 19.7 Å². The number of methoxy groups -OCH3 is 1. The van der Waals surface area contributed by atoms with Crippen LogP contribution in [-0.2, 0) is 19.1 Å². The van der Waals surface area contributed by atoms with Crippen molar-refractivity contribution in [1.29, 1.82) is 0 Å². The lowest BCUT2D eigenvalue weighted by atomic mass is 10.1. The van der Waals surface area contributed by atoms with Gasteiger partial charge in [-0.1, -0.05) is 0 Å². The lowest BCUT2D eigenvalue weighted by Gasteiger charge is -2.35. The van der Waals surface area contributed by atoms with E-state index >= 15 is 0 Å². The van der Waals surface area contributed by atoms with E-state index in [0.717, 1.165) is 19.3 Å². The first kappa shape index (κ1) is 14.3. The molecule has 0 aromatic carbocycles. The van der Waals surface area contributed by atoms with Crippen molar-refractivity contribution >= 4 is 11.8 Å². The normalized spacial score (nSPS) is 23.6. The molecule has 1 atom stereocenters. The summed E-state index contributed by atoms with van der Waals surface area (Å²) in [7, 11) is 1.63. The second-order valence-corrected chi connectivity index (χ2v) is 5.05. The highest BCUT2D eigenvalue weighted by Gasteiger charge is 2.44. The van der Waals surface area contributed by atoms with E-state index in [4.69, 9.17) is 9.47 Å². The molecule has 6 heteroatoms. The van der Waals surface area contributed by atoms with Gasteiger partial charge in [-0.15, -0.1) is 0 Å². The topological polar surface area (TPSA) is 67.9 Å². The molecule has 2 rings (SSSR count). The zero-order chi connectivity index (χ0) is 13.7. The minimum absolute atomic E-state index is 0.00222. The Morgan fingerprint density at radius 1 is 1.26 bits per heavy atom. The van der Waals surface area contributed by atoms with Crippen LogP contribution in [-0.4, -0.2) is 62.8 Å². The van der Waals surface area contributed by atoms with E-state index < -0.39 is 0 Å². The number of nitrogens with zero attached hydrogens (tertiary/aromatic N) is 1. The molecule has 2 aliphatic rings. The van der Waals surface area contributed by atoms with Gasteiger partial charge in [0.1, 0.15) is 6.04 Å². The van der Waals surface area contributed by atoms with Crippen LogP contribution in [0, 0.1) is 5.92 Å². The molecule has 0 radical (unpaired) electrons. The predicted molar refractivity (Wildman–Crippen MR) is 68.5 cm³/mol. The van der Waals surface area contributed by atoms with Crippen LogP contribution in [0.15, 0.2) is 0 Å². The van der Waals surface area contributed by atoms with E-state index in [1.54, 1.807) is 12.0 Å². The number of nitrogens with one attached hydrogen (secondary N) is 1. The van der Waals surface area contributed by atoms with E-state index in [0.29, 0.717) is 32.3 Å². The molecule has 19 heavy (non-hydrogen) atoms. The SMILES string of the molecule is COCCOCCCN1C(=O)CNC(=O)C1C1CC1. The fourth-order valence-corrected chi connectivity index (χ4v) is 2.39. The van der Waals surface area contributed by atoms with Crippen molar-refractivity contribution in [3.63, 3.8) is 0 Å². The van der Waals surface area contributed by atoms with E-state index in [1.165, 1.54) is 0 Å². The molecule has 6 nitrogen and oxygen atoms in total. The van der Waals surface area contributed by atoms with Gasteiger partial charge in [0.2, 0.25) is 11.8 Å². The maximum Gasteiger partial charge on any atom is 0.243 e. The first-order chi connectivity index (χ1) is 9.24. The van der Waals surface area contributed by atoms with E-state index in [1.807, 2.05) is 0 Å². The average molecular weight is 270 g/mol. The molecule has 0 aromatic heterocycles. The van der Waals surface area contributed by atoms with Crippen LogP contribution in [0.2, 0.25) is 0 Å². The lowest BCUT2D eigenvalue weighted by Crippen LogP contribution is -2.59. The van der Waals surface area contributed by atoms with Gasteiger partial charge in [-0.25, -0.2) is 0 Å².